The summed E-state index contributed by atoms with van der Waals surface area (Å²) in [5.74, 6) is 0.280. The standard InChI is InChI=1S/C16H14ClF3N4O2/c1-9(16(18,19)20)26-13-7-12(11(17)6-10(13)8-21)24-15(25)23-5-3-2-4-14(23)22-24/h6-7,9H,2-5H2,1H3/t9-/m0/s1. The molecule has 0 radical (unpaired) electrons. The Bertz CT molecular complexity index is 943. The quantitative estimate of drug-likeness (QED) is 0.811. The van der Waals surface area contributed by atoms with Crippen LogP contribution >= 0.6 is 11.6 Å². The number of halogens is 4. The summed E-state index contributed by atoms with van der Waals surface area (Å²) in [4.78, 5) is 12.5. The van der Waals surface area contributed by atoms with Crippen molar-refractivity contribution in [2.24, 2.45) is 0 Å². The van der Waals surface area contributed by atoms with Crippen LogP contribution in [-0.4, -0.2) is 26.6 Å². The van der Waals surface area contributed by atoms with Gasteiger partial charge in [0, 0.05) is 19.0 Å². The van der Waals surface area contributed by atoms with Gasteiger partial charge in [-0.15, -0.1) is 5.10 Å². The lowest BCUT2D eigenvalue weighted by Crippen LogP contribution is -2.31. The third-order valence-electron chi connectivity index (χ3n) is 4.13. The summed E-state index contributed by atoms with van der Waals surface area (Å²) in [6, 6.07) is 4.05. The molecule has 0 N–H and O–H groups in total. The average molecular weight is 387 g/mol. The molecule has 0 amide bonds. The SMILES string of the molecule is C[C@H](Oc1cc(-n2nc3n(c2=O)CCCC3)c(Cl)cc1C#N)C(F)(F)F. The summed E-state index contributed by atoms with van der Waals surface area (Å²) in [6.45, 7) is 1.35. The van der Waals surface area contributed by atoms with Crippen LogP contribution in [0.3, 0.4) is 0 Å². The predicted molar refractivity (Wildman–Crippen MR) is 86.6 cm³/mol. The van der Waals surface area contributed by atoms with Gasteiger partial charge in [-0.1, -0.05) is 11.6 Å². The van der Waals surface area contributed by atoms with Gasteiger partial charge in [0.15, 0.2) is 6.10 Å². The number of benzene rings is 1. The van der Waals surface area contributed by atoms with Gasteiger partial charge in [-0.3, -0.25) is 4.57 Å². The van der Waals surface area contributed by atoms with Crippen molar-refractivity contribution in [2.75, 3.05) is 0 Å². The van der Waals surface area contributed by atoms with E-state index in [1.165, 1.54) is 10.6 Å². The van der Waals surface area contributed by atoms with Gasteiger partial charge in [0.2, 0.25) is 0 Å². The molecule has 1 aromatic carbocycles. The highest BCUT2D eigenvalue weighted by atomic mass is 35.5. The first-order valence-corrected chi connectivity index (χ1v) is 8.26. The molecule has 1 atom stereocenters. The molecule has 1 aliphatic heterocycles. The van der Waals surface area contributed by atoms with Crippen LogP contribution < -0.4 is 10.4 Å². The predicted octanol–water partition coefficient (Wildman–Crippen LogP) is 3.22. The van der Waals surface area contributed by atoms with E-state index in [2.05, 4.69) is 5.10 Å². The van der Waals surface area contributed by atoms with Crippen LogP contribution in [0, 0.1) is 11.3 Å². The molecule has 0 bridgehead atoms. The fourth-order valence-corrected chi connectivity index (χ4v) is 2.95. The number of aryl methyl sites for hydroxylation is 1. The maximum Gasteiger partial charge on any atom is 0.425 e. The first-order valence-electron chi connectivity index (χ1n) is 7.88. The Hall–Kier alpha value is -2.47. The van der Waals surface area contributed by atoms with Gasteiger partial charge in [0.05, 0.1) is 16.3 Å². The van der Waals surface area contributed by atoms with E-state index in [9.17, 15) is 18.0 Å². The highest BCUT2D eigenvalue weighted by Gasteiger charge is 2.38. The first kappa shape index (κ1) is 18.3. The van der Waals surface area contributed by atoms with E-state index in [1.807, 2.05) is 0 Å². The second-order valence-electron chi connectivity index (χ2n) is 5.93. The van der Waals surface area contributed by atoms with Gasteiger partial charge >= 0.3 is 11.9 Å². The molecule has 0 saturated heterocycles. The molecule has 0 aliphatic carbocycles. The molecular formula is C16H14ClF3N4O2. The summed E-state index contributed by atoms with van der Waals surface area (Å²) < 4.78 is 45.8. The maximum absolute atomic E-state index is 12.8. The zero-order valence-corrected chi connectivity index (χ0v) is 14.4. The molecule has 0 spiro atoms. The van der Waals surface area contributed by atoms with E-state index < -0.39 is 18.0 Å². The van der Waals surface area contributed by atoms with Crippen LogP contribution in [0.2, 0.25) is 5.02 Å². The Balaban J connectivity index is 2.09. The van der Waals surface area contributed by atoms with Crippen molar-refractivity contribution in [3.05, 3.63) is 39.0 Å². The van der Waals surface area contributed by atoms with Crippen molar-refractivity contribution in [3.63, 3.8) is 0 Å². The molecule has 26 heavy (non-hydrogen) atoms. The highest BCUT2D eigenvalue weighted by Crippen LogP contribution is 2.32. The lowest BCUT2D eigenvalue weighted by molar-refractivity contribution is -0.189. The molecule has 0 fully saturated rings. The molecule has 0 saturated carbocycles. The summed E-state index contributed by atoms with van der Waals surface area (Å²) in [5, 5.41) is 13.4. The van der Waals surface area contributed by atoms with Gasteiger partial charge in [0.25, 0.3) is 0 Å². The van der Waals surface area contributed by atoms with Crippen LogP contribution in [0.5, 0.6) is 5.75 Å². The average Bonchev–Trinajstić information content (AvgIpc) is 2.92. The van der Waals surface area contributed by atoms with Gasteiger partial charge < -0.3 is 4.74 Å². The number of nitrogens with zero attached hydrogens (tertiary/aromatic N) is 4. The molecule has 2 heterocycles. The van der Waals surface area contributed by atoms with Crippen LogP contribution in [0.15, 0.2) is 16.9 Å². The Labute approximate surface area is 151 Å². The number of hydrogen-bond acceptors (Lipinski definition) is 4. The molecule has 0 unspecified atom stereocenters. The van der Waals surface area contributed by atoms with Gasteiger partial charge in [-0.2, -0.15) is 23.1 Å². The van der Waals surface area contributed by atoms with Crippen molar-refractivity contribution in [3.8, 4) is 17.5 Å². The van der Waals surface area contributed by atoms with Crippen LogP contribution in [-0.2, 0) is 13.0 Å². The molecule has 138 valence electrons. The monoisotopic (exact) mass is 386 g/mol. The lowest BCUT2D eigenvalue weighted by atomic mass is 10.2. The number of rotatable bonds is 3. The minimum atomic E-state index is -4.60. The number of alkyl halides is 3. The Morgan fingerprint density at radius 2 is 2.12 bits per heavy atom. The molecule has 6 nitrogen and oxygen atoms in total. The van der Waals surface area contributed by atoms with Crippen molar-refractivity contribution in [1.82, 2.24) is 14.3 Å². The lowest BCUT2D eigenvalue weighted by Gasteiger charge is -2.19. The molecule has 1 aromatic heterocycles. The normalized spacial score (nSPS) is 15.2. The summed E-state index contributed by atoms with van der Waals surface area (Å²) >= 11 is 6.14. The zero-order chi connectivity index (χ0) is 19.1. The molecule has 10 heteroatoms. The molecule has 3 rings (SSSR count). The molecular weight excluding hydrogens is 373 g/mol. The fourth-order valence-electron chi connectivity index (χ4n) is 2.70. The molecule has 2 aromatic rings. The number of hydrogen-bond donors (Lipinski definition) is 0. The van der Waals surface area contributed by atoms with Crippen molar-refractivity contribution < 1.29 is 17.9 Å². The second-order valence-corrected chi connectivity index (χ2v) is 6.34. The van der Waals surface area contributed by atoms with Crippen molar-refractivity contribution in [1.29, 1.82) is 5.26 Å². The van der Waals surface area contributed by atoms with Gasteiger partial charge in [-0.25, -0.2) is 4.79 Å². The van der Waals surface area contributed by atoms with Crippen LogP contribution in [0.25, 0.3) is 5.69 Å². The summed E-state index contributed by atoms with van der Waals surface area (Å²) in [7, 11) is 0. The van der Waals surface area contributed by atoms with Crippen LogP contribution in [0.4, 0.5) is 13.2 Å². The molecule has 1 aliphatic rings. The number of nitriles is 1. The topological polar surface area (TPSA) is 72.8 Å². The van der Waals surface area contributed by atoms with Crippen molar-refractivity contribution >= 4 is 11.6 Å². The van der Waals surface area contributed by atoms with E-state index in [1.54, 1.807) is 6.07 Å². The minimum absolute atomic E-state index is 0.0195. The minimum Gasteiger partial charge on any atom is -0.480 e. The van der Waals surface area contributed by atoms with E-state index >= 15 is 0 Å². The Kier molecular flexibility index (Phi) is 4.71. The van der Waals surface area contributed by atoms with Crippen molar-refractivity contribution in [2.45, 2.75) is 45.0 Å². The van der Waals surface area contributed by atoms with E-state index in [-0.39, 0.29) is 22.0 Å². The number of aromatic nitrogens is 3. The third-order valence-corrected chi connectivity index (χ3v) is 4.44. The first-order chi connectivity index (χ1) is 12.2. The van der Waals surface area contributed by atoms with Crippen LogP contribution in [0.1, 0.15) is 31.2 Å². The summed E-state index contributed by atoms with van der Waals surface area (Å²) in [6.07, 6.45) is -4.36. The maximum atomic E-state index is 12.8. The number of ether oxygens (including phenoxy) is 1. The Morgan fingerprint density at radius 3 is 2.73 bits per heavy atom. The second kappa shape index (κ2) is 6.68. The smallest absolute Gasteiger partial charge is 0.425 e. The van der Waals surface area contributed by atoms with Gasteiger partial charge in [-0.05, 0) is 25.8 Å². The zero-order valence-electron chi connectivity index (χ0n) is 13.7. The fraction of sp³-hybridized carbons (Fsp3) is 0.438. The Morgan fingerprint density at radius 1 is 1.38 bits per heavy atom. The summed E-state index contributed by atoms with van der Waals surface area (Å²) in [5.41, 5.74) is -0.519. The highest BCUT2D eigenvalue weighted by molar-refractivity contribution is 6.32. The van der Waals surface area contributed by atoms with Gasteiger partial charge in [0.1, 0.15) is 17.6 Å². The van der Waals surface area contributed by atoms with E-state index in [0.29, 0.717) is 18.8 Å². The van der Waals surface area contributed by atoms with E-state index in [0.717, 1.165) is 30.5 Å². The third kappa shape index (κ3) is 3.29. The van der Waals surface area contributed by atoms with E-state index in [4.69, 9.17) is 21.6 Å². The largest absolute Gasteiger partial charge is 0.480 e. The number of fused-ring (bicyclic) bond motifs is 1.